The zero-order valence-electron chi connectivity index (χ0n) is 9.69. The second kappa shape index (κ2) is 5.52. The Morgan fingerprint density at radius 3 is 3.28 bits per heavy atom. The molecule has 2 heterocycles. The lowest BCUT2D eigenvalue weighted by Gasteiger charge is -2.20. The van der Waals surface area contributed by atoms with Crippen molar-refractivity contribution in [1.82, 2.24) is 9.88 Å². The summed E-state index contributed by atoms with van der Waals surface area (Å²) in [5, 5.41) is 12.3. The van der Waals surface area contributed by atoms with Crippen molar-refractivity contribution in [2.24, 2.45) is 5.11 Å². The van der Waals surface area contributed by atoms with Crippen molar-refractivity contribution < 1.29 is 14.3 Å². The van der Waals surface area contributed by atoms with Crippen LogP contribution in [0.1, 0.15) is 29.2 Å². The van der Waals surface area contributed by atoms with E-state index in [1.165, 1.54) is 0 Å². The predicted octanol–water partition coefficient (Wildman–Crippen LogP) is 1.65. The number of hydrogen-bond acceptors (Lipinski definition) is 5. The number of oxazole rings is 1. The van der Waals surface area contributed by atoms with Gasteiger partial charge in [-0.3, -0.25) is 4.90 Å². The van der Waals surface area contributed by atoms with Crippen LogP contribution in [0.3, 0.4) is 0 Å². The molecule has 0 amide bonds. The molecule has 0 spiro atoms. The molecule has 0 aliphatic carbocycles. The summed E-state index contributed by atoms with van der Waals surface area (Å²) in [6, 6.07) is 0.182. The molecular formula is C10H13N5O3. The van der Waals surface area contributed by atoms with Crippen LogP contribution in [-0.2, 0) is 6.54 Å². The van der Waals surface area contributed by atoms with Crippen LogP contribution in [0, 0.1) is 0 Å². The molecule has 1 fully saturated rings. The Balaban J connectivity index is 1.98. The van der Waals surface area contributed by atoms with Crippen LogP contribution in [-0.4, -0.2) is 40.1 Å². The molecule has 96 valence electrons. The molecule has 1 aromatic heterocycles. The summed E-state index contributed by atoms with van der Waals surface area (Å²) in [5.74, 6) is -0.725. The molecular weight excluding hydrogens is 238 g/mol. The first-order valence-corrected chi connectivity index (χ1v) is 5.63. The molecule has 1 aliphatic heterocycles. The van der Waals surface area contributed by atoms with Crippen LogP contribution in [0.4, 0.5) is 0 Å². The summed E-state index contributed by atoms with van der Waals surface area (Å²) < 4.78 is 5.10. The topological polar surface area (TPSA) is 115 Å². The van der Waals surface area contributed by atoms with Crippen LogP contribution in [0.5, 0.6) is 0 Å². The highest BCUT2D eigenvalue weighted by Crippen LogP contribution is 2.20. The average molecular weight is 251 g/mol. The van der Waals surface area contributed by atoms with Crippen molar-refractivity contribution in [3.63, 3.8) is 0 Å². The van der Waals surface area contributed by atoms with E-state index in [0.29, 0.717) is 19.0 Å². The number of likely N-dealkylation sites (tertiary alicyclic amines) is 1. The molecule has 0 bridgehead atoms. The van der Waals surface area contributed by atoms with Crippen LogP contribution in [0.15, 0.2) is 15.8 Å². The van der Waals surface area contributed by atoms with Crippen LogP contribution in [0.2, 0.25) is 0 Å². The summed E-state index contributed by atoms with van der Waals surface area (Å²) in [6.45, 7) is 1.73. The van der Waals surface area contributed by atoms with Gasteiger partial charge < -0.3 is 9.52 Å². The lowest BCUT2D eigenvalue weighted by molar-refractivity contribution is 0.0690. The molecule has 1 atom stereocenters. The third-order valence-electron chi connectivity index (χ3n) is 2.96. The largest absolute Gasteiger partial charge is 0.476 e. The van der Waals surface area contributed by atoms with Crippen molar-refractivity contribution in [2.45, 2.75) is 25.4 Å². The number of carboxylic acid groups (broad SMARTS) is 1. The number of carbonyl (C=O) groups is 1. The van der Waals surface area contributed by atoms with Crippen LogP contribution >= 0.6 is 0 Å². The van der Waals surface area contributed by atoms with Gasteiger partial charge in [0.2, 0.25) is 5.89 Å². The molecule has 8 nitrogen and oxygen atoms in total. The first-order chi connectivity index (χ1) is 8.70. The fourth-order valence-electron chi connectivity index (χ4n) is 2.10. The molecule has 1 aromatic rings. The Kier molecular flexibility index (Phi) is 3.81. The smallest absolute Gasteiger partial charge is 0.357 e. The normalized spacial score (nSPS) is 19.7. The number of azide groups is 1. The predicted molar refractivity (Wildman–Crippen MR) is 60.9 cm³/mol. The second-order valence-corrected chi connectivity index (χ2v) is 4.11. The van der Waals surface area contributed by atoms with Gasteiger partial charge in [-0.2, -0.15) is 0 Å². The molecule has 1 aliphatic rings. The van der Waals surface area contributed by atoms with Gasteiger partial charge in [0.15, 0.2) is 5.69 Å². The highest BCUT2D eigenvalue weighted by Gasteiger charge is 2.25. The highest BCUT2D eigenvalue weighted by molar-refractivity contribution is 5.84. The van der Waals surface area contributed by atoms with Gasteiger partial charge in [0.25, 0.3) is 0 Å². The Morgan fingerprint density at radius 2 is 2.61 bits per heavy atom. The van der Waals surface area contributed by atoms with Crippen molar-refractivity contribution >= 4 is 5.97 Å². The lowest BCUT2D eigenvalue weighted by atomic mass is 10.2. The number of carboxylic acids is 1. The zero-order valence-corrected chi connectivity index (χ0v) is 9.69. The number of hydrogen-bond donors (Lipinski definition) is 1. The van der Waals surface area contributed by atoms with Crippen molar-refractivity contribution in [1.29, 1.82) is 0 Å². The summed E-state index contributed by atoms with van der Waals surface area (Å²) in [6.07, 6.45) is 3.12. The Labute approximate surface area is 103 Å². The maximum absolute atomic E-state index is 10.7. The second-order valence-electron chi connectivity index (χ2n) is 4.11. The van der Waals surface area contributed by atoms with E-state index >= 15 is 0 Å². The maximum Gasteiger partial charge on any atom is 0.357 e. The summed E-state index contributed by atoms with van der Waals surface area (Å²) in [4.78, 5) is 19.4. The molecule has 1 N–H and O–H groups in total. The molecule has 1 saturated heterocycles. The fraction of sp³-hybridized carbons (Fsp3) is 0.600. The van der Waals surface area contributed by atoms with E-state index in [0.717, 1.165) is 25.6 Å². The van der Waals surface area contributed by atoms with E-state index in [1.54, 1.807) is 0 Å². The van der Waals surface area contributed by atoms with E-state index in [4.69, 9.17) is 15.1 Å². The molecule has 2 rings (SSSR count). The number of aromatic carboxylic acids is 1. The highest BCUT2D eigenvalue weighted by atomic mass is 16.4. The van der Waals surface area contributed by atoms with Gasteiger partial charge in [-0.1, -0.05) is 5.11 Å². The zero-order chi connectivity index (χ0) is 13.0. The van der Waals surface area contributed by atoms with Crippen LogP contribution in [0.25, 0.3) is 10.4 Å². The van der Waals surface area contributed by atoms with Gasteiger partial charge in [-0.05, 0) is 24.9 Å². The number of rotatable bonds is 5. The molecule has 0 saturated carbocycles. The van der Waals surface area contributed by atoms with Gasteiger partial charge in [0, 0.05) is 17.5 Å². The minimum Gasteiger partial charge on any atom is -0.476 e. The first kappa shape index (κ1) is 12.4. The van der Waals surface area contributed by atoms with Gasteiger partial charge in [-0.15, -0.1) is 0 Å². The van der Waals surface area contributed by atoms with Gasteiger partial charge in [-0.25, -0.2) is 9.78 Å². The minimum atomic E-state index is -1.10. The third-order valence-corrected chi connectivity index (χ3v) is 2.96. The van der Waals surface area contributed by atoms with Crippen molar-refractivity contribution in [3.8, 4) is 0 Å². The average Bonchev–Trinajstić information content (AvgIpc) is 2.96. The molecule has 8 heteroatoms. The van der Waals surface area contributed by atoms with E-state index in [2.05, 4.69) is 19.9 Å². The third kappa shape index (κ3) is 2.79. The quantitative estimate of drug-likeness (QED) is 0.485. The van der Waals surface area contributed by atoms with Crippen LogP contribution < -0.4 is 0 Å². The Hall–Kier alpha value is -2.05. The molecule has 0 aromatic carbocycles. The van der Waals surface area contributed by atoms with Gasteiger partial charge in [0.05, 0.1) is 6.54 Å². The van der Waals surface area contributed by atoms with Crippen molar-refractivity contribution in [3.05, 3.63) is 28.3 Å². The van der Waals surface area contributed by atoms with Crippen molar-refractivity contribution in [2.75, 3.05) is 13.1 Å². The van der Waals surface area contributed by atoms with Gasteiger partial charge >= 0.3 is 5.97 Å². The first-order valence-electron chi connectivity index (χ1n) is 5.63. The number of nitrogens with zero attached hydrogens (tertiary/aromatic N) is 5. The standard InChI is InChI=1S/C10H13N5O3/c11-14-12-4-7-2-1-3-15(7)5-9-13-8(6-18-9)10(16)17/h6-7H,1-5H2,(H,16,17). The Morgan fingerprint density at radius 1 is 1.78 bits per heavy atom. The molecule has 1 unspecified atom stereocenters. The fourth-order valence-corrected chi connectivity index (χ4v) is 2.10. The number of aromatic nitrogens is 1. The monoisotopic (exact) mass is 251 g/mol. The molecule has 0 radical (unpaired) electrons. The lowest BCUT2D eigenvalue weighted by Crippen LogP contribution is -2.31. The molecule has 18 heavy (non-hydrogen) atoms. The van der Waals surface area contributed by atoms with E-state index < -0.39 is 5.97 Å². The summed E-state index contributed by atoms with van der Waals surface area (Å²) >= 11 is 0. The van der Waals surface area contributed by atoms with E-state index in [9.17, 15) is 4.79 Å². The summed E-state index contributed by atoms with van der Waals surface area (Å²) in [7, 11) is 0. The van der Waals surface area contributed by atoms with E-state index in [1.807, 2.05) is 0 Å². The minimum absolute atomic E-state index is 0.0872. The maximum atomic E-state index is 10.7. The SMILES string of the molecule is [N-]=[N+]=NCC1CCCN1Cc1nc(C(=O)O)co1. The summed E-state index contributed by atoms with van der Waals surface area (Å²) in [5.41, 5.74) is 8.22. The Bertz CT molecular complexity index is 480. The van der Waals surface area contributed by atoms with Gasteiger partial charge in [0.1, 0.15) is 6.26 Å². The van der Waals surface area contributed by atoms with E-state index in [-0.39, 0.29) is 11.7 Å².